The normalized spacial score (nSPS) is 15.4. The van der Waals surface area contributed by atoms with Gasteiger partial charge in [0.05, 0.1) is 15.7 Å². The van der Waals surface area contributed by atoms with Gasteiger partial charge in [-0.05, 0) is 24.3 Å². The molecule has 4 rings (SSSR count). The van der Waals surface area contributed by atoms with E-state index in [0.717, 1.165) is 0 Å². The van der Waals surface area contributed by atoms with Gasteiger partial charge in [0.2, 0.25) is 12.7 Å². The van der Waals surface area contributed by atoms with E-state index in [1.807, 2.05) is 0 Å². The van der Waals surface area contributed by atoms with Gasteiger partial charge < -0.3 is 19.7 Å². The topological polar surface area (TPSA) is 71.1 Å². The van der Waals surface area contributed by atoms with Crippen LogP contribution in [0.5, 0.6) is 11.5 Å². The van der Waals surface area contributed by atoms with Crippen LogP contribution in [0.15, 0.2) is 36.4 Å². The molecular formula is C18H15Cl2N3O4. The minimum atomic E-state index is -0.347. The molecule has 3 amide bonds. The van der Waals surface area contributed by atoms with Crippen LogP contribution >= 0.6 is 23.2 Å². The molecule has 1 saturated heterocycles. The molecule has 1 N–H and O–H groups in total. The van der Waals surface area contributed by atoms with Crippen molar-refractivity contribution < 1.29 is 19.1 Å². The third-order valence-electron chi connectivity index (χ3n) is 4.32. The molecule has 0 aromatic heterocycles. The minimum absolute atomic E-state index is 0.0806. The molecule has 2 heterocycles. The summed E-state index contributed by atoms with van der Waals surface area (Å²) >= 11 is 12.0. The minimum Gasteiger partial charge on any atom is -0.454 e. The first-order valence-corrected chi connectivity index (χ1v) is 8.98. The molecule has 9 heteroatoms. The Kier molecular flexibility index (Phi) is 4.72. The summed E-state index contributed by atoms with van der Waals surface area (Å²) in [5.41, 5.74) is 1.11. The van der Waals surface area contributed by atoms with Gasteiger partial charge in [-0.15, -0.1) is 0 Å². The van der Waals surface area contributed by atoms with E-state index < -0.39 is 0 Å². The first-order valence-electron chi connectivity index (χ1n) is 8.23. The second-order valence-corrected chi connectivity index (χ2v) is 6.83. The summed E-state index contributed by atoms with van der Waals surface area (Å²) in [5.74, 6) is 0.909. The highest BCUT2D eigenvalue weighted by Gasteiger charge is 2.31. The number of hydrogen-bond acceptors (Lipinski definition) is 4. The summed E-state index contributed by atoms with van der Waals surface area (Å²) in [7, 11) is 0. The van der Waals surface area contributed by atoms with Crippen LogP contribution in [0.25, 0.3) is 0 Å². The van der Waals surface area contributed by atoms with Crippen LogP contribution in [0.3, 0.4) is 0 Å². The number of nitrogens with zero attached hydrogens (tertiary/aromatic N) is 2. The number of urea groups is 1. The summed E-state index contributed by atoms with van der Waals surface area (Å²) in [6.45, 7) is 1.00. The van der Waals surface area contributed by atoms with Crippen molar-refractivity contribution in [3.63, 3.8) is 0 Å². The van der Waals surface area contributed by atoms with Gasteiger partial charge in [-0.2, -0.15) is 0 Å². The summed E-state index contributed by atoms with van der Waals surface area (Å²) in [5, 5.41) is 3.30. The number of hydrogen-bond donors (Lipinski definition) is 1. The van der Waals surface area contributed by atoms with Crippen molar-refractivity contribution in [3.05, 3.63) is 46.4 Å². The fourth-order valence-electron chi connectivity index (χ4n) is 2.99. The van der Waals surface area contributed by atoms with Crippen LogP contribution in [0.4, 0.5) is 16.2 Å². The molecule has 2 aliphatic rings. The quantitative estimate of drug-likeness (QED) is 0.840. The highest BCUT2D eigenvalue weighted by atomic mass is 35.5. The van der Waals surface area contributed by atoms with E-state index >= 15 is 0 Å². The highest BCUT2D eigenvalue weighted by Crippen LogP contribution is 2.36. The molecule has 140 valence electrons. The van der Waals surface area contributed by atoms with Crippen LogP contribution in [-0.2, 0) is 4.79 Å². The molecule has 0 spiro atoms. The molecule has 1 fully saturated rings. The van der Waals surface area contributed by atoms with Gasteiger partial charge in [0.1, 0.15) is 6.54 Å². The van der Waals surface area contributed by atoms with Crippen molar-refractivity contribution in [1.29, 1.82) is 0 Å². The second kappa shape index (κ2) is 7.17. The average Bonchev–Trinajstić information content (AvgIpc) is 3.25. The maximum Gasteiger partial charge on any atom is 0.325 e. The molecule has 0 saturated carbocycles. The van der Waals surface area contributed by atoms with Gasteiger partial charge in [-0.1, -0.05) is 29.3 Å². The highest BCUT2D eigenvalue weighted by molar-refractivity contribution is 6.44. The maximum absolute atomic E-state index is 12.7. The Bertz CT molecular complexity index is 921. The van der Waals surface area contributed by atoms with Gasteiger partial charge >= 0.3 is 6.03 Å². The molecule has 0 radical (unpaired) electrons. The summed E-state index contributed by atoms with van der Waals surface area (Å²) in [6.07, 6.45) is 0. The zero-order valence-electron chi connectivity index (χ0n) is 14.1. The lowest BCUT2D eigenvalue weighted by atomic mass is 10.2. The number of carbonyl (C=O) groups excluding carboxylic acids is 2. The lowest BCUT2D eigenvalue weighted by Gasteiger charge is -2.19. The zero-order valence-corrected chi connectivity index (χ0v) is 15.6. The van der Waals surface area contributed by atoms with E-state index in [2.05, 4.69) is 5.32 Å². The number of amides is 3. The molecule has 7 nitrogen and oxygen atoms in total. The van der Waals surface area contributed by atoms with Crippen molar-refractivity contribution in [3.8, 4) is 11.5 Å². The largest absolute Gasteiger partial charge is 0.454 e. The summed E-state index contributed by atoms with van der Waals surface area (Å²) in [6, 6.07) is 10.0. The first kappa shape index (κ1) is 17.8. The van der Waals surface area contributed by atoms with Gasteiger partial charge in [-0.25, -0.2) is 4.79 Å². The second-order valence-electron chi connectivity index (χ2n) is 6.04. The predicted octanol–water partition coefficient (Wildman–Crippen LogP) is 3.60. The summed E-state index contributed by atoms with van der Waals surface area (Å²) in [4.78, 5) is 28.0. The average molecular weight is 408 g/mol. The fourth-order valence-corrected chi connectivity index (χ4v) is 3.33. The van der Waals surface area contributed by atoms with Crippen LogP contribution in [0.2, 0.25) is 10.0 Å². The van der Waals surface area contributed by atoms with Gasteiger partial charge in [0.25, 0.3) is 0 Å². The number of ether oxygens (including phenoxy) is 2. The predicted molar refractivity (Wildman–Crippen MR) is 102 cm³/mol. The van der Waals surface area contributed by atoms with E-state index in [1.54, 1.807) is 41.3 Å². The fraction of sp³-hybridized carbons (Fsp3) is 0.222. The standard InChI is InChI=1S/C18H15Cl2N3O4/c19-12-2-1-3-13(17(12)20)21-16(24)9-22-6-7-23(18(22)25)11-4-5-14-15(8-11)27-10-26-14/h1-5,8H,6-7,9-10H2,(H,21,24). The molecule has 0 unspecified atom stereocenters. The van der Waals surface area contributed by atoms with Crippen molar-refractivity contribution in [2.75, 3.05) is 36.6 Å². The number of rotatable bonds is 4. The van der Waals surface area contributed by atoms with E-state index in [4.69, 9.17) is 32.7 Å². The Balaban J connectivity index is 1.41. The number of fused-ring (bicyclic) bond motifs is 1. The van der Waals surface area contributed by atoms with Crippen molar-refractivity contribution >= 4 is 46.5 Å². The number of halogens is 2. The molecule has 2 aromatic carbocycles. The van der Waals surface area contributed by atoms with Crippen molar-refractivity contribution in [2.24, 2.45) is 0 Å². The molecule has 0 atom stereocenters. The van der Waals surface area contributed by atoms with E-state index in [0.29, 0.717) is 41.0 Å². The Hall–Kier alpha value is -2.64. The molecule has 2 aliphatic heterocycles. The van der Waals surface area contributed by atoms with Crippen molar-refractivity contribution in [1.82, 2.24) is 4.90 Å². The molecule has 27 heavy (non-hydrogen) atoms. The van der Waals surface area contributed by atoms with Gasteiger partial charge in [0.15, 0.2) is 11.5 Å². The van der Waals surface area contributed by atoms with Crippen LogP contribution in [0.1, 0.15) is 0 Å². The number of nitrogens with one attached hydrogen (secondary N) is 1. The zero-order chi connectivity index (χ0) is 19.0. The Labute approximate surface area is 165 Å². The van der Waals surface area contributed by atoms with E-state index in [9.17, 15) is 9.59 Å². The Morgan fingerprint density at radius 1 is 1.11 bits per heavy atom. The SMILES string of the molecule is O=C(CN1CCN(c2ccc3c(c2)OCO3)C1=O)Nc1cccc(Cl)c1Cl. The number of anilines is 2. The van der Waals surface area contributed by atoms with Crippen LogP contribution in [0, 0.1) is 0 Å². The summed E-state index contributed by atoms with van der Waals surface area (Å²) < 4.78 is 10.6. The molecule has 0 aliphatic carbocycles. The molecule has 0 bridgehead atoms. The smallest absolute Gasteiger partial charge is 0.325 e. The first-order chi connectivity index (χ1) is 13.0. The molecule has 2 aromatic rings. The lowest BCUT2D eigenvalue weighted by Crippen LogP contribution is -2.37. The number of carbonyl (C=O) groups is 2. The van der Waals surface area contributed by atoms with Crippen molar-refractivity contribution in [2.45, 2.75) is 0 Å². The third-order valence-corrected chi connectivity index (χ3v) is 5.14. The monoisotopic (exact) mass is 407 g/mol. The maximum atomic E-state index is 12.7. The van der Waals surface area contributed by atoms with Crippen LogP contribution < -0.4 is 19.7 Å². The lowest BCUT2D eigenvalue weighted by molar-refractivity contribution is -0.116. The number of benzene rings is 2. The van der Waals surface area contributed by atoms with Crippen LogP contribution in [-0.4, -0.2) is 43.3 Å². The Morgan fingerprint density at radius 2 is 1.93 bits per heavy atom. The third kappa shape index (κ3) is 3.48. The Morgan fingerprint density at radius 3 is 2.78 bits per heavy atom. The van der Waals surface area contributed by atoms with Gasteiger partial charge in [0, 0.05) is 24.8 Å². The van der Waals surface area contributed by atoms with E-state index in [1.165, 1.54) is 4.90 Å². The van der Waals surface area contributed by atoms with E-state index in [-0.39, 0.29) is 30.3 Å². The molecular weight excluding hydrogens is 393 g/mol. The van der Waals surface area contributed by atoms with Gasteiger partial charge in [-0.3, -0.25) is 9.69 Å².